The van der Waals surface area contributed by atoms with Gasteiger partial charge in [0.15, 0.2) is 0 Å². The molecule has 0 aliphatic rings. The van der Waals surface area contributed by atoms with Crippen LogP contribution in [-0.2, 0) is 0 Å². The standard InChI is InChI=1S/C10H19F3O/c1-3-8(4-2)6-5-7-9(14)10(11,12)13/h8-9,14H,3-7H2,1-2H3. The Labute approximate surface area is 83.3 Å². The lowest BCUT2D eigenvalue weighted by Crippen LogP contribution is -2.28. The van der Waals surface area contributed by atoms with E-state index < -0.39 is 12.3 Å². The van der Waals surface area contributed by atoms with Gasteiger partial charge < -0.3 is 5.11 Å². The molecule has 0 aromatic carbocycles. The van der Waals surface area contributed by atoms with Crippen molar-refractivity contribution in [2.24, 2.45) is 5.92 Å². The van der Waals surface area contributed by atoms with Crippen LogP contribution in [0.25, 0.3) is 0 Å². The van der Waals surface area contributed by atoms with Gasteiger partial charge in [-0.2, -0.15) is 13.2 Å². The first kappa shape index (κ1) is 13.8. The summed E-state index contributed by atoms with van der Waals surface area (Å²) in [5, 5.41) is 8.72. The van der Waals surface area contributed by atoms with Gasteiger partial charge in [-0.15, -0.1) is 0 Å². The predicted octanol–water partition coefficient (Wildman–Crippen LogP) is 3.52. The molecule has 0 saturated carbocycles. The monoisotopic (exact) mass is 212 g/mol. The lowest BCUT2D eigenvalue weighted by Gasteiger charge is -2.16. The molecule has 0 saturated heterocycles. The summed E-state index contributed by atoms with van der Waals surface area (Å²) in [7, 11) is 0. The van der Waals surface area contributed by atoms with E-state index in [2.05, 4.69) is 0 Å². The molecule has 1 nitrogen and oxygen atoms in total. The normalized spacial score (nSPS) is 14.8. The number of hydrogen-bond acceptors (Lipinski definition) is 1. The first-order chi connectivity index (χ1) is 6.41. The highest BCUT2D eigenvalue weighted by Crippen LogP contribution is 2.25. The van der Waals surface area contributed by atoms with Crippen molar-refractivity contribution in [1.82, 2.24) is 0 Å². The summed E-state index contributed by atoms with van der Waals surface area (Å²) in [6.45, 7) is 4.07. The second-order valence-corrected chi connectivity index (χ2v) is 3.67. The second-order valence-electron chi connectivity index (χ2n) is 3.67. The second kappa shape index (κ2) is 6.27. The SMILES string of the molecule is CCC(CC)CCCC(O)C(F)(F)F. The molecule has 0 rings (SSSR count). The van der Waals surface area contributed by atoms with Crippen molar-refractivity contribution in [3.05, 3.63) is 0 Å². The van der Waals surface area contributed by atoms with E-state index in [-0.39, 0.29) is 6.42 Å². The summed E-state index contributed by atoms with van der Waals surface area (Å²) in [5.41, 5.74) is 0. The zero-order valence-electron chi connectivity index (χ0n) is 8.77. The average molecular weight is 212 g/mol. The minimum absolute atomic E-state index is 0.167. The van der Waals surface area contributed by atoms with Crippen molar-refractivity contribution >= 4 is 0 Å². The van der Waals surface area contributed by atoms with Gasteiger partial charge in [-0.3, -0.25) is 0 Å². The van der Waals surface area contributed by atoms with Crippen LogP contribution in [0.3, 0.4) is 0 Å². The first-order valence-electron chi connectivity index (χ1n) is 5.16. The number of aliphatic hydroxyl groups excluding tert-OH is 1. The molecule has 0 bridgehead atoms. The maximum atomic E-state index is 11.9. The molecular weight excluding hydrogens is 193 g/mol. The molecule has 0 aliphatic heterocycles. The number of halogens is 3. The molecular formula is C10H19F3O. The smallest absolute Gasteiger partial charge is 0.384 e. The molecule has 0 heterocycles. The van der Waals surface area contributed by atoms with Gasteiger partial charge in [-0.05, 0) is 12.3 Å². The van der Waals surface area contributed by atoms with E-state index in [1.54, 1.807) is 0 Å². The van der Waals surface area contributed by atoms with E-state index in [1.807, 2.05) is 13.8 Å². The summed E-state index contributed by atoms with van der Waals surface area (Å²) in [6, 6.07) is 0. The van der Waals surface area contributed by atoms with Crippen molar-refractivity contribution in [2.45, 2.75) is 58.2 Å². The van der Waals surface area contributed by atoms with Gasteiger partial charge in [0.05, 0.1) is 0 Å². The van der Waals surface area contributed by atoms with Crippen LogP contribution < -0.4 is 0 Å². The molecule has 0 aromatic heterocycles. The fraction of sp³-hybridized carbons (Fsp3) is 1.00. The van der Waals surface area contributed by atoms with Gasteiger partial charge in [0.1, 0.15) is 6.10 Å². The van der Waals surface area contributed by atoms with E-state index in [9.17, 15) is 13.2 Å². The highest BCUT2D eigenvalue weighted by Gasteiger charge is 2.37. The predicted molar refractivity (Wildman–Crippen MR) is 50.0 cm³/mol. The number of hydrogen-bond donors (Lipinski definition) is 1. The molecule has 1 N–H and O–H groups in total. The molecule has 0 aliphatic carbocycles. The molecule has 4 heteroatoms. The Balaban J connectivity index is 3.63. The highest BCUT2D eigenvalue weighted by molar-refractivity contribution is 4.66. The van der Waals surface area contributed by atoms with Crippen LogP contribution in [0.2, 0.25) is 0 Å². The van der Waals surface area contributed by atoms with Crippen LogP contribution in [0.15, 0.2) is 0 Å². The third kappa shape index (κ3) is 5.47. The van der Waals surface area contributed by atoms with Crippen LogP contribution in [0.1, 0.15) is 46.0 Å². The molecule has 1 unspecified atom stereocenters. The summed E-state index contributed by atoms with van der Waals surface area (Å²) < 4.78 is 35.7. The van der Waals surface area contributed by atoms with Crippen molar-refractivity contribution in [2.75, 3.05) is 0 Å². The largest absolute Gasteiger partial charge is 0.414 e. The fourth-order valence-electron chi connectivity index (χ4n) is 1.46. The zero-order valence-corrected chi connectivity index (χ0v) is 8.77. The van der Waals surface area contributed by atoms with Crippen molar-refractivity contribution in [3.63, 3.8) is 0 Å². The summed E-state index contributed by atoms with van der Waals surface area (Å²) >= 11 is 0. The van der Waals surface area contributed by atoms with Gasteiger partial charge in [0.25, 0.3) is 0 Å². The van der Waals surface area contributed by atoms with Gasteiger partial charge in [0.2, 0.25) is 0 Å². The van der Waals surface area contributed by atoms with Crippen molar-refractivity contribution < 1.29 is 18.3 Å². The maximum absolute atomic E-state index is 11.9. The van der Waals surface area contributed by atoms with Gasteiger partial charge in [-0.1, -0.05) is 39.5 Å². The quantitative estimate of drug-likeness (QED) is 0.714. The third-order valence-corrected chi connectivity index (χ3v) is 2.62. The Bertz CT molecular complexity index is 141. The van der Waals surface area contributed by atoms with Gasteiger partial charge >= 0.3 is 6.18 Å². The first-order valence-corrected chi connectivity index (χ1v) is 5.16. The Morgan fingerprint density at radius 3 is 1.93 bits per heavy atom. The van der Waals surface area contributed by atoms with Gasteiger partial charge in [0, 0.05) is 0 Å². The lowest BCUT2D eigenvalue weighted by atomic mass is 9.96. The van der Waals surface area contributed by atoms with E-state index in [1.165, 1.54) is 0 Å². The van der Waals surface area contributed by atoms with Gasteiger partial charge in [-0.25, -0.2) is 0 Å². The summed E-state index contributed by atoms with van der Waals surface area (Å²) in [4.78, 5) is 0. The van der Waals surface area contributed by atoms with Crippen LogP contribution >= 0.6 is 0 Å². The summed E-state index contributed by atoms with van der Waals surface area (Å²) in [6.07, 6.45) is -3.53. The fourth-order valence-corrected chi connectivity index (χ4v) is 1.46. The molecule has 0 aromatic rings. The topological polar surface area (TPSA) is 20.2 Å². The lowest BCUT2D eigenvalue weighted by molar-refractivity contribution is -0.205. The number of alkyl halides is 3. The Hall–Kier alpha value is -0.250. The average Bonchev–Trinajstić information content (AvgIpc) is 2.10. The Morgan fingerprint density at radius 2 is 1.57 bits per heavy atom. The van der Waals surface area contributed by atoms with Crippen molar-refractivity contribution in [3.8, 4) is 0 Å². The minimum atomic E-state index is -4.45. The van der Waals surface area contributed by atoms with E-state index >= 15 is 0 Å². The molecule has 0 fully saturated rings. The van der Waals surface area contributed by atoms with Crippen LogP contribution in [-0.4, -0.2) is 17.4 Å². The molecule has 86 valence electrons. The van der Waals surface area contributed by atoms with Crippen LogP contribution in [0.5, 0.6) is 0 Å². The highest BCUT2D eigenvalue weighted by atomic mass is 19.4. The molecule has 1 atom stereocenters. The zero-order chi connectivity index (χ0) is 11.2. The Kier molecular flexibility index (Phi) is 6.16. The van der Waals surface area contributed by atoms with Crippen LogP contribution in [0, 0.1) is 5.92 Å². The molecule has 0 amide bonds. The van der Waals surface area contributed by atoms with E-state index in [4.69, 9.17) is 5.11 Å². The Morgan fingerprint density at radius 1 is 1.07 bits per heavy atom. The van der Waals surface area contributed by atoms with E-state index in [0.29, 0.717) is 12.3 Å². The third-order valence-electron chi connectivity index (χ3n) is 2.62. The molecule has 0 radical (unpaired) electrons. The maximum Gasteiger partial charge on any atom is 0.414 e. The summed E-state index contributed by atoms with van der Waals surface area (Å²) in [5.74, 6) is 0.496. The molecule has 0 spiro atoms. The van der Waals surface area contributed by atoms with Crippen LogP contribution in [0.4, 0.5) is 13.2 Å². The van der Waals surface area contributed by atoms with Crippen molar-refractivity contribution in [1.29, 1.82) is 0 Å². The minimum Gasteiger partial charge on any atom is -0.384 e. The molecule has 14 heavy (non-hydrogen) atoms. The number of rotatable bonds is 6. The van der Waals surface area contributed by atoms with E-state index in [0.717, 1.165) is 19.3 Å². The number of aliphatic hydroxyl groups is 1.